The van der Waals surface area contributed by atoms with Gasteiger partial charge in [-0.3, -0.25) is 9.78 Å². The molecule has 0 bridgehead atoms. The summed E-state index contributed by atoms with van der Waals surface area (Å²) in [5, 5.41) is 6.44. The molecule has 0 saturated heterocycles. The maximum atomic E-state index is 12.8. The van der Waals surface area contributed by atoms with Gasteiger partial charge < -0.3 is 10.6 Å². The Morgan fingerprint density at radius 2 is 1.93 bits per heavy atom. The molecule has 0 atom stereocenters. The van der Waals surface area contributed by atoms with Gasteiger partial charge in [-0.05, 0) is 56.7 Å². The average molecular weight is 427 g/mol. The molecule has 1 saturated carbocycles. The van der Waals surface area contributed by atoms with E-state index in [1.165, 1.54) is 6.20 Å². The van der Waals surface area contributed by atoms with E-state index in [1.54, 1.807) is 13.0 Å². The van der Waals surface area contributed by atoms with E-state index in [-0.39, 0.29) is 17.8 Å². The third-order valence-electron chi connectivity index (χ3n) is 5.14. The van der Waals surface area contributed by atoms with E-state index in [0.717, 1.165) is 44.0 Å². The number of aryl methyl sites for hydroxylation is 1. The van der Waals surface area contributed by atoms with Crippen LogP contribution in [0, 0.1) is 12.8 Å². The van der Waals surface area contributed by atoms with Crippen LogP contribution in [0.4, 0.5) is 19.0 Å². The molecule has 5 nitrogen and oxygen atoms in total. The molecule has 0 radical (unpaired) electrons. The zero-order valence-corrected chi connectivity index (χ0v) is 16.6. The highest BCUT2D eigenvalue weighted by molar-refractivity contribution is 6.30. The van der Waals surface area contributed by atoms with Crippen LogP contribution in [0.1, 0.15) is 47.3 Å². The summed E-state index contributed by atoms with van der Waals surface area (Å²) in [4.78, 5) is 20.5. The Labute approximate surface area is 172 Å². The number of rotatable bonds is 5. The topological polar surface area (TPSA) is 66.9 Å². The number of hydrogen-bond donors (Lipinski definition) is 2. The maximum absolute atomic E-state index is 12.8. The van der Waals surface area contributed by atoms with E-state index in [2.05, 4.69) is 20.6 Å². The van der Waals surface area contributed by atoms with Gasteiger partial charge in [-0.1, -0.05) is 11.6 Å². The van der Waals surface area contributed by atoms with Gasteiger partial charge in [0.1, 0.15) is 5.82 Å². The molecular formula is C20H22ClF3N4O. The summed E-state index contributed by atoms with van der Waals surface area (Å²) in [5.41, 5.74) is 0.377. The number of aromatic nitrogens is 2. The number of nitrogens with one attached hydrogen (secondary N) is 2. The van der Waals surface area contributed by atoms with Gasteiger partial charge in [0.15, 0.2) is 0 Å². The van der Waals surface area contributed by atoms with Crippen LogP contribution in [0.25, 0.3) is 0 Å². The maximum Gasteiger partial charge on any atom is 0.416 e. The number of anilines is 1. The lowest BCUT2D eigenvalue weighted by Crippen LogP contribution is -2.38. The summed E-state index contributed by atoms with van der Waals surface area (Å²) in [6.07, 6.45) is 1.62. The third kappa shape index (κ3) is 5.82. The number of amides is 1. The van der Waals surface area contributed by atoms with Gasteiger partial charge >= 0.3 is 6.18 Å². The highest BCUT2D eigenvalue weighted by Gasteiger charge is 2.31. The quantitative estimate of drug-likeness (QED) is 0.716. The van der Waals surface area contributed by atoms with Crippen molar-refractivity contribution in [2.45, 2.75) is 44.8 Å². The number of carbonyl (C=O) groups excluding carboxylic acids is 1. The smallest absolute Gasteiger partial charge is 0.370 e. The number of alkyl halides is 3. The van der Waals surface area contributed by atoms with Crippen molar-refractivity contribution in [3.63, 3.8) is 0 Å². The second-order valence-electron chi connectivity index (χ2n) is 7.29. The fraction of sp³-hybridized carbons (Fsp3) is 0.450. The number of pyridine rings is 2. The van der Waals surface area contributed by atoms with Crippen molar-refractivity contribution in [3.05, 3.63) is 52.4 Å². The Bertz CT molecular complexity index is 867. The Kier molecular flexibility index (Phi) is 6.62. The van der Waals surface area contributed by atoms with E-state index < -0.39 is 11.7 Å². The van der Waals surface area contributed by atoms with Crippen molar-refractivity contribution in [1.82, 2.24) is 15.3 Å². The van der Waals surface area contributed by atoms with Crippen LogP contribution in [0.15, 0.2) is 30.6 Å². The van der Waals surface area contributed by atoms with Gasteiger partial charge in [-0.15, -0.1) is 0 Å². The summed E-state index contributed by atoms with van der Waals surface area (Å²) < 4.78 is 38.3. The minimum atomic E-state index is -4.38. The molecule has 0 spiro atoms. The van der Waals surface area contributed by atoms with Crippen molar-refractivity contribution in [3.8, 4) is 0 Å². The average Bonchev–Trinajstić information content (AvgIpc) is 2.69. The van der Waals surface area contributed by atoms with Crippen molar-refractivity contribution in [2.24, 2.45) is 5.92 Å². The highest BCUT2D eigenvalue weighted by atomic mass is 35.5. The lowest BCUT2D eigenvalue weighted by atomic mass is 9.86. The van der Waals surface area contributed by atoms with Gasteiger partial charge in [0, 0.05) is 25.0 Å². The van der Waals surface area contributed by atoms with E-state index in [1.807, 2.05) is 0 Å². The normalized spacial score (nSPS) is 19.6. The molecule has 0 aliphatic heterocycles. The van der Waals surface area contributed by atoms with E-state index in [9.17, 15) is 18.0 Å². The first kappa shape index (κ1) is 21.4. The van der Waals surface area contributed by atoms with Crippen LogP contribution >= 0.6 is 11.6 Å². The first-order valence-corrected chi connectivity index (χ1v) is 9.80. The summed E-state index contributed by atoms with van der Waals surface area (Å²) in [6, 6.07) is 3.64. The third-order valence-corrected chi connectivity index (χ3v) is 5.35. The standard InChI is InChI=1S/C20H22ClF3N4O/c1-12-17(9-15(21)11-26-12)19(29)28-16-4-2-13(3-5-16)10-27-18-8-14(6-7-25-18)20(22,23)24/h6-9,11,13,16H,2-5,10H2,1H3,(H,25,27)(H,28,29)/t13-,16-. The van der Waals surface area contributed by atoms with Gasteiger partial charge in [-0.2, -0.15) is 13.2 Å². The van der Waals surface area contributed by atoms with E-state index in [4.69, 9.17) is 11.6 Å². The van der Waals surface area contributed by atoms with Crippen LogP contribution in [-0.2, 0) is 6.18 Å². The Balaban J connectivity index is 1.47. The first-order chi connectivity index (χ1) is 13.7. The highest BCUT2D eigenvalue weighted by Crippen LogP contribution is 2.30. The van der Waals surface area contributed by atoms with Gasteiger partial charge in [0.25, 0.3) is 5.91 Å². The second kappa shape index (κ2) is 8.98. The molecule has 1 aliphatic rings. The Hall–Kier alpha value is -2.35. The molecule has 2 aromatic rings. The number of carbonyl (C=O) groups is 1. The number of nitrogens with zero attached hydrogens (tertiary/aromatic N) is 2. The molecular weight excluding hydrogens is 405 g/mol. The van der Waals surface area contributed by atoms with Crippen molar-refractivity contribution < 1.29 is 18.0 Å². The number of hydrogen-bond acceptors (Lipinski definition) is 4. The van der Waals surface area contributed by atoms with E-state index >= 15 is 0 Å². The fourth-order valence-corrected chi connectivity index (χ4v) is 3.62. The summed E-state index contributed by atoms with van der Waals surface area (Å²) in [7, 11) is 0. The second-order valence-corrected chi connectivity index (χ2v) is 7.72. The zero-order valence-electron chi connectivity index (χ0n) is 15.9. The summed E-state index contributed by atoms with van der Waals surface area (Å²) >= 11 is 5.93. The predicted molar refractivity (Wildman–Crippen MR) is 105 cm³/mol. The lowest BCUT2D eigenvalue weighted by Gasteiger charge is -2.29. The molecule has 1 amide bonds. The molecule has 29 heavy (non-hydrogen) atoms. The predicted octanol–water partition coefficient (Wildman–Crippen LogP) is 4.86. The monoisotopic (exact) mass is 426 g/mol. The molecule has 3 rings (SSSR count). The van der Waals surface area contributed by atoms with Crippen molar-refractivity contribution >= 4 is 23.3 Å². The van der Waals surface area contributed by atoms with Gasteiger partial charge in [-0.25, -0.2) is 4.98 Å². The minimum absolute atomic E-state index is 0.0591. The molecule has 0 aromatic carbocycles. The van der Waals surface area contributed by atoms with Crippen molar-refractivity contribution in [2.75, 3.05) is 11.9 Å². The molecule has 156 valence electrons. The largest absolute Gasteiger partial charge is 0.416 e. The van der Waals surface area contributed by atoms with Crippen LogP contribution < -0.4 is 10.6 Å². The Morgan fingerprint density at radius 3 is 2.62 bits per heavy atom. The van der Waals surface area contributed by atoms with Crippen molar-refractivity contribution in [1.29, 1.82) is 0 Å². The minimum Gasteiger partial charge on any atom is -0.370 e. The summed E-state index contributed by atoms with van der Waals surface area (Å²) in [5.74, 6) is 0.348. The SMILES string of the molecule is Cc1ncc(Cl)cc1C(=O)N[C@H]1CC[C@H](CNc2cc(C(F)(F)F)ccn2)CC1. The fourth-order valence-electron chi connectivity index (χ4n) is 3.46. The summed E-state index contributed by atoms with van der Waals surface area (Å²) in [6.45, 7) is 2.31. The molecule has 1 fully saturated rings. The molecule has 1 aliphatic carbocycles. The molecule has 0 unspecified atom stereocenters. The van der Waals surface area contributed by atoms with Crippen LogP contribution in [0.2, 0.25) is 5.02 Å². The molecule has 9 heteroatoms. The van der Waals surface area contributed by atoms with Gasteiger partial charge in [0.2, 0.25) is 0 Å². The zero-order chi connectivity index (χ0) is 21.0. The van der Waals surface area contributed by atoms with E-state index in [0.29, 0.717) is 28.7 Å². The number of halogens is 4. The Morgan fingerprint density at radius 1 is 1.21 bits per heavy atom. The molecule has 2 N–H and O–H groups in total. The molecule has 2 heterocycles. The molecule has 2 aromatic heterocycles. The van der Waals surface area contributed by atoms with Crippen LogP contribution in [0.3, 0.4) is 0 Å². The first-order valence-electron chi connectivity index (χ1n) is 9.42. The van der Waals surface area contributed by atoms with Gasteiger partial charge in [0.05, 0.1) is 21.8 Å². The lowest BCUT2D eigenvalue weighted by molar-refractivity contribution is -0.137. The van der Waals surface area contributed by atoms with Crippen LogP contribution in [-0.4, -0.2) is 28.5 Å². The van der Waals surface area contributed by atoms with Crippen LogP contribution in [0.5, 0.6) is 0 Å².